The van der Waals surface area contributed by atoms with Crippen molar-refractivity contribution >= 4 is 17.1 Å². The Labute approximate surface area is 31.8 Å². The first kappa shape index (κ1) is 4.09. The molecule has 0 aliphatic rings. The molecule has 1 radical (unpaired) electrons. The maximum Gasteiger partial charge on any atom is -0.00990 e. The zero-order valence-corrected chi connectivity index (χ0v) is 3.43. The van der Waals surface area contributed by atoms with Crippen molar-refractivity contribution in [3.05, 3.63) is 6.92 Å². The van der Waals surface area contributed by atoms with Gasteiger partial charge in [-0.25, -0.2) is 0 Å². The first-order chi connectivity index (χ1) is 1.73. The van der Waals surface area contributed by atoms with Crippen LogP contribution < -0.4 is 0 Å². The standard InChI is InChI=1S/C3H5S/c1-3(2)4/h1H2,2H3. The minimum absolute atomic E-state index is 0.750. The highest BCUT2D eigenvalue weighted by Crippen LogP contribution is 1.60. The van der Waals surface area contributed by atoms with Crippen LogP contribution in [0.25, 0.3) is 0 Å². The Balaban J connectivity index is 2.80. The summed E-state index contributed by atoms with van der Waals surface area (Å²) < 4.78 is 0. The largest absolute Gasteiger partial charge is 0.0900 e. The molecule has 0 unspecified atom stereocenters. The molecule has 4 heavy (non-hydrogen) atoms. The van der Waals surface area contributed by atoms with Gasteiger partial charge in [0.25, 0.3) is 0 Å². The molecule has 0 saturated heterocycles. The summed E-state index contributed by atoms with van der Waals surface area (Å²) in [7, 11) is 0. The molecule has 0 spiro atoms. The smallest absolute Gasteiger partial charge is 0.00990 e. The van der Waals surface area contributed by atoms with Gasteiger partial charge in [0.2, 0.25) is 0 Å². The van der Waals surface area contributed by atoms with Gasteiger partial charge in [0.1, 0.15) is 0 Å². The molecule has 0 amide bonds. The molecule has 0 bridgehead atoms. The molecule has 0 aliphatic heterocycles. The molecular formula is C3H5S. The van der Waals surface area contributed by atoms with Gasteiger partial charge in [-0.1, -0.05) is 12.2 Å². The Morgan fingerprint density at radius 3 is 2.00 bits per heavy atom. The van der Waals surface area contributed by atoms with Crippen LogP contribution in [0.4, 0.5) is 0 Å². The third-order valence-corrected chi connectivity index (χ3v) is 0. The fourth-order valence-electron chi connectivity index (χ4n) is 0. The quantitative estimate of drug-likeness (QED) is 0.388. The zero-order valence-electron chi connectivity index (χ0n) is 2.62. The molecule has 1 heteroatoms. The van der Waals surface area contributed by atoms with Crippen LogP contribution in [-0.2, 0) is 0 Å². The Kier molecular flexibility index (Phi) is 1.45. The third-order valence-electron chi connectivity index (χ3n) is 0. The number of hydrogen-bond acceptors (Lipinski definition) is 1. The van der Waals surface area contributed by atoms with Crippen LogP contribution in [0.2, 0.25) is 0 Å². The Bertz CT molecular complexity index is 26.3. The molecule has 0 fully saturated rings. The predicted octanol–water partition coefficient (Wildman–Crippen LogP) is 1.21. The maximum absolute atomic E-state index is 4.43. The third kappa shape index (κ3) is 307. The van der Waals surface area contributed by atoms with Crippen LogP contribution in [0, 0.1) is 6.92 Å². The van der Waals surface area contributed by atoms with Crippen molar-refractivity contribution in [2.24, 2.45) is 0 Å². The highest BCUT2D eigenvalue weighted by molar-refractivity contribution is 7.80. The highest BCUT2D eigenvalue weighted by atomic mass is 32.1. The number of hydrogen-bond donors (Lipinski definition) is 0. The van der Waals surface area contributed by atoms with Gasteiger partial charge in [-0.3, -0.25) is 0 Å². The molecule has 23 valence electrons. The topological polar surface area (TPSA) is 0 Å². The molecule has 0 aliphatic carbocycles. The number of rotatable bonds is 0. The van der Waals surface area contributed by atoms with Crippen molar-refractivity contribution in [1.29, 1.82) is 0 Å². The fourth-order valence-corrected chi connectivity index (χ4v) is 0. The zero-order chi connectivity index (χ0) is 3.58. The Hall–Kier alpha value is 0.0900. The lowest BCUT2D eigenvalue weighted by Gasteiger charge is -1.60. The molecule has 0 N–H and O–H groups in total. The van der Waals surface area contributed by atoms with E-state index in [9.17, 15) is 0 Å². The lowest BCUT2D eigenvalue weighted by molar-refractivity contribution is 2.02. The second kappa shape index (κ2) is 1.41. The minimum Gasteiger partial charge on any atom is -0.0900 e. The second-order valence-electron chi connectivity index (χ2n) is 0.702. The van der Waals surface area contributed by atoms with Crippen molar-refractivity contribution in [1.82, 2.24) is 0 Å². The van der Waals surface area contributed by atoms with Crippen LogP contribution in [0.5, 0.6) is 0 Å². The molecule has 0 saturated carbocycles. The molecule has 0 aromatic rings. The normalized spacial score (nSPS) is 6.50. The van der Waals surface area contributed by atoms with Gasteiger partial charge in [0.15, 0.2) is 0 Å². The van der Waals surface area contributed by atoms with E-state index in [-0.39, 0.29) is 0 Å². The molecule has 0 atom stereocenters. The van der Waals surface area contributed by atoms with E-state index in [1.165, 1.54) is 0 Å². The summed E-state index contributed by atoms with van der Waals surface area (Å²) in [6, 6.07) is 0. The van der Waals surface area contributed by atoms with E-state index in [1.807, 2.05) is 0 Å². The second-order valence-corrected chi connectivity index (χ2v) is 1.40. The minimum atomic E-state index is 0.750. The van der Waals surface area contributed by atoms with Gasteiger partial charge in [-0.15, -0.1) is 0 Å². The van der Waals surface area contributed by atoms with Gasteiger partial charge in [0, 0.05) is 0 Å². The summed E-state index contributed by atoms with van der Waals surface area (Å²) in [5.41, 5.74) is 0. The van der Waals surface area contributed by atoms with Crippen molar-refractivity contribution < 1.29 is 0 Å². The van der Waals surface area contributed by atoms with E-state index in [0.29, 0.717) is 0 Å². The summed E-state index contributed by atoms with van der Waals surface area (Å²) in [5, 5.41) is 0. The summed E-state index contributed by atoms with van der Waals surface area (Å²) in [6.45, 7) is 5.16. The summed E-state index contributed by atoms with van der Waals surface area (Å²) in [4.78, 5) is 0.750. The van der Waals surface area contributed by atoms with Crippen LogP contribution in [0.1, 0.15) is 6.92 Å². The SMILES string of the molecule is [CH2]C(C)=S. The summed E-state index contributed by atoms with van der Waals surface area (Å²) in [5.74, 6) is 0. The predicted molar refractivity (Wildman–Crippen MR) is 23.6 cm³/mol. The van der Waals surface area contributed by atoms with Crippen molar-refractivity contribution in [3.63, 3.8) is 0 Å². The first-order valence-electron chi connectivity index (χ1n) is 1.06. The van der Waals surface area contributed by atoms with E-state index in [0.717, 1.165) is 4.86 Å². The number of thiocarbonyl (C=S) groups is 1. The Morgan fingerprint density at radius 1 is 2.00 bits per heavy atom. The van der Waals surface area contributed by atoms with Crippen LogP contribution in [0.15, 0.2) is 0 Å². The maximum atomic E-state index is 4.43. The van der Waals surface area contributed by atoms with E-state index in [2.05, 4.69) is 19.1 Å². The van der Waals surface area contributed by atoms with Crippen molar-refractivity contribution in [2.45, 2.75) is 6.92 Å². The summed E-state index contributed by atoms with van der Waals surface area (Å²) in [6.07, 6.45) is 0. The van der Waals surface area contributed by atoms with Crippen LogP contribution >= 0.6 is 12.2 Å². The fraction of sp³-hybridized carbons (Fsp3) is 0.333. The van der Waals surface area contributed by atoms with Crippen LogP contribution in [-0.4, -0.2) is 4.86 Å². The van der Waals surface area contributed by atoms with Gasteiger partial charge in [-0.05, 0) is 18.7 Å². The average molecular weight is 73.1 g/mol. The van der Waals surface area contributed by atoms with Crippen molar-refractivity contribution in [2.75, 3.05) is 0 Å². The molecular weight excluding hydrogens is 68.1 g/mol. The highest BCUT2D eigenvalue weighted by Gasteiger charge is 1.56. The van der Waals surface area contributed by atoms with Gasteiger partial charge < -0.3 is 0 Å². The van der Waals surface area contributed by atoms with E-state index < -0.39 is 0 Å². The molecule has 0 heterocycles. The molecule has 0 rings (SSSR count). The van der Waals surface area contributed by atoms with E-state index in [4.69, 9.17) is 0 Å². The lowest BCUT2D eigenvalue weighted by atomic mass is 10.6. The van der Waals surface area contributed by atoms with Gasteiger partial charge >= 0.3 is 0 Å². The first-order valence-corrected chi connectivity index (χ1v) is 1.47. The lowest BCUT2D eigenvalue weighted by Crippen LogP contribution is -1.64. The van der Waals surface area contributed by atoms with E-state index >= 15 is 0 Å². The molecule has 0 nitrogen and oxygen atoms in total. The molecule has 0 aromatic heterocycles. The van der Waals surface area contributed by atoms with E-state index in [1.54, 1.807) is 6.92 Å². The molecule has 0 aromatic carbocycles. The Morgan fingerprint density at radius 2 is 2.00 bits per heavy atom. The summed E-state index contributed by atoms with van der Waals surface area (Å²) >= 11 is 4.43. The van der Waals surface area contributed by atoms with Crippen LogP contribution in [0.3, 0.4) is 0 Å². The van der Waals surface area contributed by atoms with Gasteiger partial charge in [-0.2, -0.15) is 0 Å². The average Bonchev–Trinajstić information content (AvgIpc) is 0.811. The monoisotopic (exact) mass is 73.0 g/mol. The van der Waals surface area contributed by atoms with Gasteiger partial charge in [0.05, 0.1) is 0 Å². The van der Waals surface area contributed by atoms with Crippen molar-refractivity contribution in [3.8, 4) is 0 Å².